The Morgan fingerprint density at radius 3 is 2.43 bits per heavy atom. The highest BCUT2D eigenvalue weighted by molar-refractivity contribution is 5.44. The van der Waals surface area contributed by atoms with E-state index in [-0.39, 0.29) is 0 Å². The normalized spacial score (nSPS) is 16.3. The van der Waals surface area contributed by atoms with Gasteiger partial charge in [0.1, 0.15) is 0 Å². The van der Waals surface area contributed by atoms with Crippen LogP contribution < -0.4 is 0 Å². The first-order chi connectivity index (χ1) is 10.3. The van der Waals surface area contributed by atoms with Crippen molar-refractivity contribution in [2.45, 2.75) is 32.6 Å². The molecule has 21 heavy (non-hydrogen) atoms. The summed E-state index contributed by atoms with van der Waals surface area (Å²) in [5.74, 6) is 0.767. The van der Waals surface area contributed by atoms with Crippen molar-refractivity contribution in [3.63, 3.8) is 0 Å². The molecule has 3 rings (SSSR count). The van der Waals surface area contributed by atoms with Gasteiger partial charge in [-0.05, 0) is 42.3 Å². The Bertz CT molecular complexity index is 591. The number of tetrazole rings is 1. The first kappa shape index (κ1) is 13.8. The minimum absolute atomic E-state index is 0.767. The van der Waals surface area contributed by atoms with Gasteiger partial charge in [-0.2, -0.15) is 4.68 Å². The van der Waals surface area contributed by atoms with E-state index in [1.807, 2.05) is 18.2 Å². The standard InChI is InChI=1S/C16H21N5/c1-14-6-8-15(9-7-14)21-16(17-18-19-21)10-13-20-11-4-2-3-5-12-20/h6-10,13H,2-5,11-12H2,1H3/b13-10+. The molecule has 0 N–H and O–H groups in total. The van der Waals surface area contributed by atoms with E-state index in [9.17, 15) is 0 Å². The van der Waals surface area contributed by atoms with Crippen LogP contribution in [0.4, 0.5) is 0 Å². The average molecular weight is 283 g/mol. The molecule has 1 aromatic carbocycles. The lowest BCUT2D eigenvalue weighted by molar-refractivity contribution is 0.394. The van der Waals surface area contributed by atoms with Gasteiger partial charge in [-0.1, -0.05) is 30.5 Å². The lowest BCUT2D eigenvalue weighted by atomic mass is 10.2. The molecule has 0 radical (unpaired) electrons. The lowest BCUT2D eigenvalue weighted by Gasteiger charge is -2.16. The van der Waals surface area contributed by atoms with E-state index >= 15 is 0 Å². The van der Waals surface area contributed by atoms with Crippen LogP contribution in [0.3, 0.4) is 0 Å². The molecule has 1 aliphatic rings. The van der Waals surface area contributed by atoms with Crippen LogP contribution in [0.1, 0.15) is 37.1 Å². The number of benzene rings is 1. The van der Waals surface area contributed by atoms with Gasteiger partial charge in [-0.25, -0.2) is 0 Å². The van der Waals surface area contributed by atoms with Crippen LogP contribution in [0.2, 0.25) is 0 Å². The number of hydrogen-bond donors (Lipinski definition) is 0. The lowest BCUT2D eigenvalue weighted by Crippen LogP contribution is -2.17. The molecular weight excluding hydrogens is 262 g/mol. The van der Waals surface area contributed by atoms with Crippen molar-refractivity contribution in [2.24, 2.45) is 0 Å². The zero-order chi connectivity index (χ0) is 14.5. The van der Waals surface area contributed by atoms with Crippen molar-refractivity contribution in [1.82, 2.24) is 25.1 Å². The number of hydrogen-bond acceptors (Lipinski definition) is 4. The van der Waals surface area contributed by atoms with Crippen molar-refractivity contribution < 1.29 is 0 Å². The third kappa shape index (κ3) is 3.48. The SMILES string of the molecule is Cc1ccc(-n2nnnc2/C=C/N2CCCCCC2)cc1. The Labute approximate surface area is 125 Å². The van der Waals surface area contributed by atoms with Gasteiger partial charge in [0.2, 0.25) is 0 Å². The Balaban J connectivity index is 1.77. The van der Waals surface area contributed by atoms with Gasteiger partial charge in [0, 0.05) is 25.4 Å². The number of nitrogens with zero attached hydrogens (tertiary/aromatic N) is 5. The molecule has 2 heterocycles. The summed E-state index contributed by atoms with van der Waals surface area (Å²) in [5, 5.41) is 12.0. The minimum atomic E-state index is 0.767. The maximum absolute atomic E-state index is 4.11. The molecule has 0 atom stereocenters. The number of likely N-dealkylation sites (tertiary alicyclic amines) is 1. The van der Waals surface area contributed by atoms with Crippen molar-refractivity contribution in [3.8, 4) is 5.69 Å². The average Bonchev–Trinajstić information content (AvgIpc) is 2.81. The zero-order valence-electron chi connectivity index (χ0n) is 12.4. The van der Waals surface area contributed by atoms with Gasteiger partial charge in [0.25, 0.3) is 0 Å². The van der Waals surface area contributed by atoms with Gasteiger partial charge < -0.3 is 4.90 Å². The Hall–Kier alpha value is -2.17. The first-order valence-electron chi connectivity index (χ1n) is 7.60. The van der Waals surface area contributed by atoms with Gasteiger partial charge in [0.05, 0.1) is 5.69 Å². The van der Waals surface area contributed by atoms with Gasteiger partial charge >= 0.3 is 0 Å². The molecular formula is C16H21N5. The van der Waals surface area contributed by atoms with Gasteiger partial charge in [0.15, 0.2) is 5.82 Å². The molecule has 0 amide bonds. The summed E-state index contributed by atoms with van der Waals surface area (Å²) in [7, 11) is 0. The quantitative estimate of drug-likeness (QED) is 0.869. The molecule has 5 heteroatoms. The fourth-order valence-corrected chi connectivity index (χ4v) is 2.58. The number of aryl methyl sites for hydroxylation is 1. The van der Waals surface area contributed by atoms with Crippen LogP contribution >= 0.6 is 0 Å². The maximum atomic E-state index is 4.11. The van der Waals surface area contributed by atoms with E-state index < -0.39 is 0 Å². The summed E-state index contributed by atoms with van der Waals surface area (Å²) in [6, 6.07) is 8.21. The molecule has 0 bridgehead atoms. The predicted molar refractivity (Wildman–Crippen MR) is 83.0 cm³/mol. The van der Waals surface area contributed by atoms with Crippen molar-refractivity contribution in [2.75, 3.05) is 13.1 Å². The van der Waals surface area contributed by atoms with Crippen LogP contribution in [-0.2, 0) is 0 Å². The Morgan fingerprint density at radius 2 is 1.71 bits per heavy atom. The van der Waals surface area contributed by atoms with Gasteiger partial charge in [-0.15, -0.1) is 5.10 Å². The molecule has 0 aliphatic carbocycles. The summed E-state index contributed by atoms with van der Waals surface area (Å²) in [6.07, 6.45) is 9.35. The predicted octanol–water partition coefficient (Wildman–Crippen LogP) is 2.82. The highest BCUT2D eigenvalue weighted by Crippen LogP contribution is 2.13. The fraction of sp³-hybridized carbons (Fsp3) is 0.438. The summed E-state index contributed by atoms with van der Waals surface area (Å²) < 4.78 is 1.77. The highest BCUT2D eigenvalue weighted by atomic mass is 15.5. The molecule has 0 spiro atoms. The van der Waals surface area contributed by atoms with Crippen LogP contribution in [0, 0.1) is 6.92 Å². The summed E-state index contributed by atoms with van der Waals surface area (Å²) in [4.78, 5) is 2.36. The van der Waals surface area contributed by atoms with Crippen LogP contribution in [0.5, 0.6) is 0 Å². The van der Waals surface area contributed by atoms with E-state index in [1.54, 1.807) is 4.68 Å². The van der Waals surface area contributed by atoms with Crippen LogP contribution in [0.15, 0.2) is 30.5 Å². The minimum Gasteiger partial charge on any atom is -0.377 e. The van der Waals surface area contributed by atoms with E-state index in [4.69, 9.17) is 0 Å². The zero-order valence-corrected chi connectivity index (χ0v) is 12.4. The number of rotatable bonds is 3. The largest absolute Gasteiger partial charge is 0.377 e. The summed E-state index contributed by atoms with van der Waals surface area (Å²) >= 11 is 0. The maximum Gasteiger partial charge on any atom is 0.181 e. The molecule has 0 unspecified atom stereocenters. The van der Waals surface area contributed by atoms with E-state index in [0.29, 0.717) is 0 Å². The fourth-order valence-electron chi connectivity index (χ4n) is 2.58. The molecule has 1 aromatic heterocycles. The molecule has 1 fully saturated rings. The third-order valence-corrected chi connectivity index (χ3v) is 3.85. The van der Waals surface area contributed by atoms with Crippen molar-refractivity contribution in [1.29, 1.82) is 0 Å². The van der Waals surface area contributed by atoms with Crippen LogP contribution in [0.25, 0.3) is 11.8 Å². The van der Waals surface area contributed by atoms with E-state index in [0.717, 1.165) is 24.6 Å². The summed E-state index contributed by atoms with van der Waals surface area (Å²) in [6.45, 7) is 4.33. The monoisotopic (exact) mass is 283 g/mol. The Morgan fingerprint density at radius 1 is 1.00 bits per heavy atom. The third-order valence-electron chi connectivity index (χ3n) is 3.85. The molecule has 1 saturated heterocycles. The second-order valence-corrected chi connectivity index (χ2v) is 5.55. The van der Waals surface area contributed by atoms with Crippen LogP contribution in [-0.4, -0.2) is 38.2 Å². The highest BCUT2D eigenvalue weighted by Gasteiger charge is 2.07. The topological polar surface area (TPSA) is 46.8 Å². The molecule has 0 saturated carbocycles. The number of aromatic nitrogens is 4. The second-order valence-electron chi connectivity index (χ2n) is 5.55. The summed E-state index contributed by atoms with van der Waals surface area (Å²) in [5.41, 5.74) is 2.22. The Kier molecular flexibility index (Phi) is 4.28. The first-order valence-corrected chi connectivity index (χ1v) is 7.60. The molecule has 1 aliphatic heterocycles. The smallest absolute Gasteiger partial charge is 0.181 e. The van der Waals surface area contributed by atoms with Crippen molar-refractivity contribution >= 4 is 6.08 Å². The molecule has 2 aromatic rings. The van der Waals surface area contributed by atoms with Gasteiger partial charge in [-0.3, -0.25) is 0 Å². The molecule has 5 nitrogen and oxygen atoms in total. The second kappa shape index (κ2) is 6.52. The molecule has 110 valence electrons. The van der Waals surface area contributed by atoms with E-state index in [1.165, 1.54) is 31.2 Å². The van der Waals surface area contributed by atoms with E-state index in [2.05, 4.69) is 45.7 Å². The van der Waals surface area contributed by atoms with Crippen molar-refractivity contribution in [3.05, 3.63) is 41.9 Å².